The molecule has 0 radical (unpaired) electrons. The molecule has 0 saturated carbocycles. The predicted molar refractivity (Wildman–Crippen MR) is 93.5 cm³/mol. The van der Waals surface area contributed by atoms with Gasteiger partial charge in [0.15, 0.2) is 0 Å². The molecule has 4 N–H and O–H groups in total. The second-order valence-electron chi connectivity index (χ2n) is 6.42. The lowest BCUT2D eigenvalue weighted by atomic mass is 9.93. The van der Waals surface area contributed by atoms with Gasteiger partial charge in [-0.05, 0) is 38.2 Å². The number of carboxylic acid groups (broad SMARTS) is 1. The minimum atomic E-state index is -0.999. The van der Waals surface area contributed by atoms with Crippen LogP contribution in [0.4, 0.5) is 0 Å². The number of carbonyl (C=O) groups is 2. The van der Waals surface area contributed by atoms with Crippen LogP contribution in [0.1, 0.15) is 23.1 Å². The van der Waals surface area contributed by atoms with Gasteiger partial charge in [-0.1, -0.05) is 6.92 Å². The summed E-state index contributed by atoms with van der Waals surface area (Å²) < 4.78 is 0. The molecule has 1 aromatic heterocycles. The lowest BCUT2D eigenvalue weighted by Crippen LogP contribution is -2.52. The molecule has 2 aromatic rings. The number of hydrogen-bond acceptors (Lipinski definition) is 5. The number of aliphatic hydroxyl groups excluding tert-OH is 1. The maximum absolute atomic E-state index is 12.0. The molecule has 1 heterocycles. The monoisotopic (exact) mass is 348 g/mol. The van der Waals surface area contributed by atoms with Crippen molar-refractivity contribution in [3.05, 3.63) is 29.6 Å². The van der Waals surface area contributed by atoms with E-state index in [0.717, 1.165) is 0 Å². The van der Waals surface area contributed by atoms with E-state index in [1.54, 1.807) is 25.1 Å². The van der Waals surface area contributed by atoms with Gasteiger partial charge in [0.1, 0.15) is 11.9 Å². The molecule has 1 amide bonds. The number of carboxylic acids is 1. The molecule has 0 aliphatic heterocycles. The van der Waals surface area contributed by atoms with Crippen LogP contribution in [-0.4, -0.2) is 70.2 Å². The molecule has 0 saturated heterocycles. The first-order chi connectivity index (χ1) is 11.7. The molecule has 136 valence electrons. The fourth-order valence-corrected chi connectivity index (χ4v) is 2.87. The normalized spacial score (nSPS) is 15.1. The smallest absolute Gasteiger partial charge is 0.335 e. The minimum absolute atomic E-state index is 0.183. The van der Waals surface area contributed by atoms with E-state index in [0.29, 0.717) is 23.3 Å². The Hall–Kier alpha value is -2.45. The summed E-state index contributed by atoms with van der Waals surface area (Å²) in [6.07, 6.45) is -0.447. The summed E-state index contributed by atoms with van der Waals surface area (Å²) in [5.74, 6) is -0.844. The van der Waals surface area contributed by atoms with E-state index in [1.165, 1.54) is 19.2 Å². The molecule has 25 heavy (non-hydrogen) atoms. The van der Waals surface area contributed by atoms with Crippen molar-refractivity contribution >= 4 is 22.9 Å². The van der Waals surface area contributed by atoms with Crippen LogP contribution in [-0.2, 0) is 11.2 Å². The van der Waals surface area contributed by atoms with Crippen LogP contribution in [0.25, 0.3) is 11.0 Å². The topological polar surface area (TPSA) is 119 Å². The summed E-state index contributed by atoms with van der Waals surface area (Å²) in [6, 6.07) is 4.01. The lowest BCUT2D eigenvalue weighted by molar-refractivity contribution is -0.130. The number of benzene rings is 1. The van der Waals surface area contributed by atoms with Crippen LogP contribution in [0.5, 0.6) is 0 Å². The number of aromatic nitrogens is 2. The Balaban J connectivity index is 2.18. The van der Waals surface area contributed by atoms with Crippen molar-refractivity contribution in [3.63, 3.8) is 0 Å². The number of amides is 1. The van der Waals surface area contributed by atoms with Gasteiger partial charge in [0.2, 0.25) is 5.91 Å². The van der Waals surface area contributed by atoms with Crippen molar-refractivity contribution in [2.24, 2.45) is 5.92 Å². The van der Waals surface area contributed by atoms with Crippen molar-refractivity contribution in [1.82, 2.24) is 20.2 Å². The molecule has 1 aromatic carbocycles. The first-order valence-electron chi connectivity index (χ1n) is 8.02. The standard InChI is InChI=1S/C17H24N4O4/c1-9(15(22)14(21(3)4)16(23)18-2)7-13-19-11-6-5-10(17(24)25)8-12(11)20-13/h5-6,8-9,14-15,22H,7H2,1-4H3,(H,18,23)(H,19,20)(H,24,25)/t9-,14+,15-/m1/s1. The van der Waals surface area contributed by atoms with E-state index in [4.69, 9.17) is 5.11 Å². The van der Waals surface area contributed by atoms with E-state index in [9.17, 15) is 14.7 Å². The van der Waals surface area contributed by atoms with Gasteiger partial charge < -0.3 is 20.5 Å². The van der Waals surface area contributed by atoms with Crippen molar-refractivity contribution in [2.75, 3.05) is 21.1 Å². The van der Waals surface area contributed by atoms with E-state index in [1.807, 2.05) is 6.92 Å². The zero-order valence-electron chi connectivity index (χ0n) is 14.8. The van der Waals surface area contributed by atoms with Crippen LogP contribution in [0.15, 0.2) is 18.2 Å². The molecular formula is C17H24N4O4. The molecule has 2 rings (SSSR count). The van der Waals surface area contributed by atoms with Gasteiger partial charge in [-0.2, -0.15) is 0 Å². The van der Waals surface area contributed by atoms with Crippen molar-refractivity contribution in [1.29, 1.82) is 0 Å². The van der Waals surface area contributed by atoms with E-state index < -0.39 is 18.1 Å². The molecule has 0 fully saturated rings. The zero-order valence-corrected chi connectivity index (χ0v) is 14.8. The maximum atomic E-state index is 12.0. The first kappa shape index (κ1) is 18.9. The molecule has 8 nitrogen and oxygen atoms in total. The van der Waals surface area contributed by atoms with Gasteiger partial charge in [0, 0.05) is 13.5 Å². The Bertz CT molecular complexity index is 771. The lowest BCUT2D eigenvalue weighted by Gasteiger charge is -2.30. The largest absolute Gasteiger partial charge is 0.478 e. The number of aromatic amines is 1. The Kier molecular flexibility index (Phi) is 5.76. The van der Waals surface area contributed by atoms with Crippen LogP contribution in [0.2, 0.25) is 0 Å². The molecule has 0 aliphatic carbocycles. The average molecular weight is 348 g/mol. The van der Waals surface area contributed by atoms with E-state index in [2.05, 4.69) is 15.3 Å². The molecule has 0 spiro atoms. The quantitative estimate of drug-likeness (QED) is 0.578. The molecule has 3 atom stereocenters. The first-order valence-corrected chi connectivity index (χ1v) is 8.02. The highest BCUT2D eigenvalue weighted by Gasteiger charge is 2.32. The predicted octanol–water partition coefficient (Wildman–Crippen LogP) is 0.477. The SMILES string of the molecule is CNC(=O)[C@H]([C@H](O)[C@H](C)Cc1nc2ccc(C(=O)O)cc2[nH]1)N(C)C. The van der Waals surface area contributed by atoms with Crippen LogP contribution in [0.3, 0.4) is 0 Å². The van der Waals surface area contributed by atoms with Crippen LogP contribution in [0, 0.1) is 5.92 Å². The maximum Gasteiger partial charge on any atom is 0.335 e. The second-order valence-corrected chi connectivity index (χ2v) is 6.42. The summed E-state index contributed by atoms with van der Waals surface area (Å²) in [7, 11) is 5.02. The number of fused-ring (bicyclic) bond motifs is 1. The summed E-state index contributed by atoms with van der Waals surface area (Å²) in [6.45, 7) is 1.85. The second kappa shape index (κ2) is 7.62. The van der Waals surface area contributed by atoms with E-state index in [-0.39, 0.29) is 17.4 Å². The Morgan fingerprint density at radius 2 is 2.04 bits per heavy atom. The van der Waals surface area contributed by atoms with Crippen LogP contribution >= 0.6 is 0 Å². The summed E-state index contributed by atoms with van der Waals surface area (Å²) in [4.78, 5) is 32.2. The number of H-pyrrole nitrogens is 1. The van der Waals surface area contributed by atoms with Gasteiger partial charge in [-0.3, -0.25) is 9.69 Å². The Morgan fingerprint density at radius 3 is 2.60 bits per heavy atom. The highest BCUT2D eigenvalue weighted by molar-refractivity contribution is 5.92. The number of aromatic carboxylic acids is 1. The third-order valence-corrected chi connectivity index (χ3v) is 4.27. The van der Waals surface area contributed by atoms with Gasteiger partial charge in [0.25, 0.3) is 0 Å². The fraction of sp³-hybridized carbons (Fsp3) is 0.471. The Morgan fingerprint density at radius 1 is 1.36 bits per heavy atom. The zero-order chi connectivity index (χ0) is 18.7. The van der Waals surface area contributed by atoms with Gasteiger partial charge in [-0.15, -0.1) is 0 Å². The number of hydrogen-bond donors (Lipinski definition) is 4. The van der Waals surface area contributed by atoms with Crippen molar-refractivity contribution < 1.29 is 19.8 Å². The number of carbonyl (C=O) groups excluding carboxylic acids is 1. The van der Waals surface area contributed by atoms with Gasteiger partial charge in [0.05, 0.1) is 22.7 Å². The molecule has 0 bridgehead atoms. The third-order valence-electron chi connectivity index (χ3n) is 4.27. The number of nitrogens with zero attached hydrogens (tertiary/aromatic N) is 2. The number of nitrogens with one attached hydrogen (secondary N) is 2. The van der Waals surface area contributed by atoms with E-state index >= 15 is 0 Å². The van der Waals surface area contributed by atoms with Crippen molar-refractivity contribution in [2.45, 2.75) is 25.5 Å². The fourth-order valence-electron chi connectivity index (χ4n) is 2.87. The molecular weight excluding hydrogens is 324 g/mol. The highest BCUT2D eigenvalue weighted by Crippen LogP contribution is 2.19. The molecule has 0 unspecified atom stereocenters. The minimum Gasteiger partial charge on any atom is -0.478 e. The average Bonchev–Trinajstić information content (AvgIpc) is 2.95. The number of aliphatic hydroxyl groups is 1. The number of rotatable bonds is 7. The number of imidazole rings is 1. The summed E-state index contributed by atoms with van der Waals surface area (Å²) >= 11 is 0. The third kappa shape index (κ3) is 4.15. The van der Waals surface area contributed by atoms with Crippen LogP contribution < -0.4 is 5.32 Å². The summed E-state index contributed by atoms with van der Waals surface area (Å²) in [5, 5.41) is 22.2. The summed E-state index contributed by atoms with van der Waals surface area (Å²) in [5.41, 5.74) is 1.48. The molecule has 0 aliphatic rings. The van der Waals surface area contributed by atoms with Crippen molar-refractivity contribution in [3.8, 4) is 0 Å². The number of likely N-dealkylation sites (N-methyl/N-ethyl adjacent to an activating group) is 2. The van der Waals surface area contributed by atoms with Gasteiger partial charge >= 0.3 is 5.97 Å². The Labute approximate surface area is 145 Å². The highest BCUT2D eigenvalue weighted by atomic mass is 16.4. The molecule has 8 heteroatoms. The van der Waals surface area contributed by atoms with Gasteiger partial charge in [-0.25, -0.2) is 9.78 Å².